The van der Waals surface area contributed by atoms with Gasteiger partial charge in [-0.15, -0.1) is 0 Å². The number of carbonyl (C=O) groups is 4. The van der Waals surface area contributed by atoms with Gasteiger partial charge in [0.25, 0.3) is 0 Å². The SMILES string of the molecule is COC(=O)C1CC(C=O)C2C3CC(C4C(=O)OC(=O)CC34)C12. The minimum atomic E-state index is -0.458. The molecule has 3 saturated carbocycles. The minimum Gasteiger partial charge on any atom is -0.469 e. The molecular weight excluding hydrogens is 288 g/mol. The monoisotopic (exact) mass is 306 g/mol. The van der Waals surface area contributed by atoms with Crippen LogP contribution in [-0.4, -0.2) is 31.3 Å². The van der Waals surface area contributed by atoms with Crippen molar-refractivity contribution in [3.05, 3.63) is 0 Å². The van der Waals surface area contributed by atoms with Crippen molar-refractivity contribution in [2.45, 2.75) is 19.3 Å². The molecule has 118 valence electrons. The number of esters is 3. The van der Waals surface area contributed by atoms with E-state index in [1.54, 1.807) is 0 Å². The number of methoxy groups -OCH3 is 1. The third kappa shape index (κ3) is 1.61. The van der Waals surface area contributed by atoms with Crippen LogP contribution < -0.4 is 0 Å². The van der Waals surface area contributed by atoms with E-state index in [1.807, 2.05) is 0 Å². The summed E-state index contributed by atoms with van der Waals surface area (Å²) in [5.41, 5.74) is 0. The summed E-state index contributed by atoms with van der Waals surface area (Å²) in [6, 6.07) is 0. The Bertz CT molecular complexity index is 569. The number of hydrogen-bond acceptors (Lipinski definition) is 6. The highest BCUT2D eigenvalue weighted by Crippen LogP contribution is 2.67. The fourth-order valence-corrected chi connectivity index (χ4v) is 6.00. The van der Waals surface area contributed by atoms with Crippen LogP contribution in [0, 0.1) is 47.3 Å². The van der Waals surface area contributed by atoms with Crippen molar-refractivity contribution in [2.24, 2.45) is 47.3 Å². The zero-order valence-electron chi connectivity index (χ0n) is 12.3. The topological polar surface area (TPSA) is 86.7 Å². The maximum atomic E-state index is 12.1. The second-order valence-corrected chi connectivity index (χ2v) is 7.07. The van der Waals surface area contributed by atoms with Gasteiger partial charge in [-0.05, 0) is 42.4 Å². The van der Waals surface area contributed by atoms with Gasteiger partial charge < -0.3 is 14.3 Å². The standard InChI is InChI=1S/C16H18O6/c1-21-15(19)10-2-6(5-17)12-7-3-9(13(10)12)14-8(7)4-11(18)22-16(14)20/h5-10,12-14H,2-4H2,1H3. The van der Waals surface area contributed by atoms with Crippen molar-refractivity contribution in [1.29, 1.82) is 0 Å². The molecule has 4 fully saturated rings. The van der Waals surface area contributed by atoms with Crippen LogP contribution in [0.5, 0.6) is 0 Å². The van der Waals surface area contributed by atoms with Crippen LogP contribution in [0.3, 0.4) is 0 Å². The third-order valence-corrected chi connectivity index (χ3v) is 6.50. The fourth-order valence-electron chi connectivity index (χ4n) is 6.00. The predicted molar refractivity (Wildman–Crippen MR) is 71.0 cm³/mol. The van der Waals surface area contributed by atoms with Gasteiger partial charge in [-0.1, -0.05) is 0 Å². The lowest BCUT2D eigenvalue weighted by atomic mass is 9.65. The minimum absolute atomic E-state index is 0.00894. The number of aldehydes is 1. The molecule has 1 heterocycles. The molecule has 8 unspecified atom stereocenters. The molecule has 1 aliphatic heterocycles. The van der Waals surface area contributed by atoms with Crippen LogP contribution in [0.2, 0.25) is 0 Å². The third-order valence-electron chi connectivity index (χ3n) is 6.50. The molecule has 0 N–H and O–H groups in total. The summed E-state index contributed by atoms with van der Waals surface area (Å²) in [7, 11) is 1.36. The van der Waals surface area contributed by atoms with E-state index >= 15 is 0 Å². The first-order valence-corrected chi connectivity index (χ1v) is 7.84. The highest BCUT2D eigenvalue weighted by atomic mass is 16.6. The van der Waals surface area contributed by atoms with Crippen LogP contribution in [-0.2, 0) is 28.7 Å². The summed E-state index contributed by atoms with van der Waals surface area (Å²) in [6.07, 6.45) is 2.51. The Morgan fingerprint density at radius 2 is 1.95 bits per heavy atom. The maximum absolute atomic E-state index is 12.1. The lowest BCUT2D eigenvalue weighted by molar-refractivity contribution is -0.175. The largest absolute Gasteiger partial charge is 0.469 e. The van der Waals surface area contributed by atoms with Crippen LogP contribution in [0.25, 0.3) is 0 Å². The smallest absolute Gasteiger partial charge is 0.317 e. The van der Waals surface area contributed by atoms with E-state index in [0.717, 1.165) is 12.7 Å². The zero-order valence-corrected chi connectivity index (χ0v) is 12.3. The van der Waals surface area contributed by atoms with E-state index in [-0.39, 0.29) is 59.7 Å². The van der Waals surface area contributed by atoms with Crippen molar-refractivity contribution in [2.75, 3.05) is 7.11 Å². The normalized spacial score (nSPS) is 48.6. The Kier molecular flexibility index (Phi) is 2.93. The fraction of sp³-hybridized carbons (Fsp3) is 0.750. The van der Waals surface area contributed by atoms with Gasteiger partial charge in [0.05, 0.1) is 18.9 Å². The first-order valence-electron chi connectivity index (χ1n) is 7.84. The van der Waals surface area contributed by atoms with E-state index in [4.69, 9.17) is 9.47 Å². The molecule has 0 spiro atoms. The Balaban J connectivity index is 1.70. The molecule has 0 aromatic rings. The molecule has 4 aliphatic rings. The molecule has 6 heteroatoms. The zero-order chi connectivity index (χ0) is 15.6. The number of ether oxygens (including phenoxy) is 2. The van der Waals surface area contributed by atoms with Crippen molar-refractivity contribution in [3.8, 4) is 0 Å². The highest BCUT2D eigenvalue weighted by Gasteiger charge is 2.68. The molecule has 1 saturated heterocycles. The first-order chi connectivity index (χ1) is 10.6. The molecular formula is C16H18O6. The molecule has 0 amide bonds. The van der Waals surface area contributed by atoms with Crippen molar-refractivity contribution >= 4 is 24.2 Å². The van der Waals surface area contributed by atoms with Crippen molar-refractivity contribution < 1.29 is 28.7 Å². The van der Waals surface area contributed by atoms with Crippen LogP contribution in [0.1, 0.15) is 19.3 Å². The van der Waals surface area contributed by atoms with E-state index in [0.29, 0.717) is 6.42 Å². The van der Waals surface area contributed by atoms with E-state index in [1.165, 1.54) is 7.11 Å². The van der Waals surface area contributed by atoms with Gasteiger partial charge in [-0.3, -0.25) is 14.4 Å². The number of hydrogen-bond donors (Lipinski definition) is 0. The molecule has 3 aliphatic carbocycles. The van der Waals surface area contributed by atoms with E-state index in [2.05, 4.69) is 0 Å². The predicted octanol–water partition coefficient (Wildman–Crippen LogP) is 0.582. The number of carbonyl (C=O) groups excluding carboxylic acids is 4. The number of fused-ring (bicyclic) bond motifs is 8. The number of rotatable bonds is 2. The Labute approximate surface area is 127 Å². The summed E-state index contributed by atoms with van der Waals surface area (Å²) >= 11 is 0. The van der Waals surface area contributed by atoms with Crippen molar-refractivity contribution in [1.82, 2.24) is 0 Å². The van der Waals surface area contributed by atoms with Gasteiger partial charge in [-0.25, -0.2) is 0 Å². The van der Waals surface area contributed by atoms with Gasteiger partial charge in [0.1, 0.15) is 6.29 Å². The second kappa shape index (κ2) is 4.64. The summed E-state index contributed by atoms with van der Waals surface area (Å²) < 4.78 is 9.71. The van der Waals surface area contributed by atoms with Crippen LogP contribution in [0.4, 0.5) is 0 Å². The average Bonchev–Trinajstić information content (AvgIpc) is 3.14. The van der Waals surface area contributed by atoms with Gasteiger partial charge in [-0.2, -0.15) is 0 Å². The molecule has 22 heavy (non-hydrogen) atoms. The van der Waals surface area contributed by atoms with Gasteiger partial charge in [0, 0.05) is 12.3 Å². The van der Waals surface area contributed by atoms with E-state index in [9.17, 15) is 19.2 Å². The van der Waals surface area contributed by atoms with Crippen LogP contribution in [0.15, 0.2) is 0 Å². The van der Waals surface area contributed by atoms with Crippen molar-refractivity contribution in [3.63, 3.8) is 0 Å². The quantitative estimate of drug-likeness (QED) is 0.421. The molecule has 6 nitrogen and oxygen atoms in total. The lowest BCUT2D eigenvalue weighted by Gasteiger charge is -2.40. The summed E-state index contributed by atoms with van der Waals surface area (Å²) in [4.78, 5) is 47.2. The molecule has 8 atom stereocenters. The summed E-state index contributed by atoms with van der Waals surface area (Å²) in [5.74, 6) is -1.66. The van der Waals surface area contributed by atoms with E-state index < -0.39 is 11.9 Å². The first kappa shape index (κ1) is 13.9. The van der Waals surface area contributed by atoms with Gasteiger partial charge in [0.15, 0.2) is 0 Å². The lowest BCUT2D eigenvalue weighted by Crippen LogP contribution is -2.46. The van der Waals surface area contributed by atoms with Crippen LogP contribution >= 0.6 is 0 Å². The summed E-state index contributed by atoms with van der Waals surface area (Å²) in [5, 5.41) is 0. The summed E-state index contributed by atoms with van der Waals surface area (Å²) in [6.45, 7) is 0. The second-order valence-electron chi connectivity index (χ2n) is 7.07. The molecule has 2 bridgehead atoms. The molecule has 0 radical (unpaired) electrons. The average molecular weight is 306 g/mol. The molecule has 0 aromatic carbocycles. The van der Waals surface area contributed by atoms with Gasteiger partial charge in [0.2, 0.25) is 0 Å². The Morgan fingerprint density at radius 1 is 1.18 bits per heavy atom. The Hall–Kier alpha value is -1.72. The molecule has 0 aromatic heterocycles. The maximum Gasteiger partial charge on any atom is 0.317 e. The molecule has 4 rings (SSSR count). The highest BCUT2D eigenvalue weighted by molar-refractivity contribution is 5.91. The Morgan fingerprint density at radius 3 is 2.64 bits per heavy atom. The van der Waals surface area contributed by atoms with Gasteiger partial charge >= 0.3 is 17.9 Å². The number of cyclic esters (lactones) is 2.